The number of amidine groups is 1. The Morgan fingerprint density at radius 2 is 2.05 bits per heavy atom. The van der Waals surface area contributed by atoms with Crippen molar-refractivity contribution in [3.05, 3.63) is 28.2 Å². The Morgan fingerprint density at radius 1 is 1.40 bits per heavy atom. The zero-order valence-electron chi connectivity index (χ0n) is 10.6. The molecule has 1 aromatic carbocycles. The first kappa shape index (κ1) is 15.1. The molecule has 110 valence electrons. The zero-order valence-corrected chi connectivity index (χ0v) is 13.0. The highest BCUT2D eigenvalue weighted by atomic mass is 79.9. The molecule has 1 aliphatic heterocycles. The Bertz CT molecular complexity index is 627. The average Bonchev–Trinajstić information content (AvgIpc) is 2.92. The molecule has 0 spiro atoms. The third-order valence-electron chi connectivity index (χ3n) is 3.01. The van der Waals surface area contributed by atoms with E-state index in [9.17, 15) is 8.42 Å². The lowest BCUT2D eigenvalue weighted by Crippen LogP contribution is -2.34. The van der Waals surface area contributed by atoms with E-state index < -0.39 is 10.2 Å². The number of rotatable bonds is 4. The summed E-state index contributed by atoms with van der Waals surface area (Å²) >= 11 is 3.27. The fraction of sp³-hybridized carbons (Fsp3) is 0.364. The van der Waals surface area contributed by atoms with E-state index in [1.54, 1.807) is 18.2 Å². The Balaban J connectivity index is 2.35. The van der Waals surface area contributed by atoms with Crippen LogP contribution in [0.25, 0.3) is 0 Å². The average molecular weight is 363 g/mol. The van der Waals surface area contributed by atoms with Gasteiger partial charge in [0.05, 0.1) is 5.69 Å². The number of oxime groups is 1. The standard InChI is InChI=1S/C11H15BrN4O3S/c12-8-3-4-9(11(13)14-17)10(7-8)15-20(18,19)16-5-1-2-6-16/h3-4,7,15,17H,1-2,5-6H2,(H2,13,14). The molecule has 0 aromatic heterocycles. The van der Waals surface area contributed by atoms with Crippen LogP contribution in [-0.4, -0.2) is 36.9 Å². The van der Waals surface area contributed by atoms with E-state index in [4.69, 9.17) is 10.9 Å². The molecule has 0 unspecified atom stereocenters. The summed E-state index contributed by atoms with van der Waals surface area (Å²) in [6.07, 6.45) is 1.71. The van der Waals surface area contributed by atoms with Crippen molar-refractivity contribution in [2.45, 2.75) is 12.8 Å². The van der Waals surface area contributed by atoms with Crippen LogP contribution in [0.5, 0.6) is 0 Å². The summed E-state index contributed by atoms with van der Waals surface area (Å²) in [5.41, 5.74) is 6.14. The highest BCUT2D eigenvalue weighted by Gasteiger charge is 2.26. The molecule has 0 amide bonds. The minimum absolute atomic E-state index is 0.156. The molecule has 1 saturated heterocycles. The summed E-state index contributed by atoms with van der Waals surface area (Å²) in [5, 5.41) is 11.7. The highest BCUT2D eigenvalue weighted by molar-refractivity contribution is 9.10. The predicted molar refractivity (Wildman–Crippen MR) is 80.0 cm³/mol. The van der Waals surface area contributed by atoms with Crippen LogP contribution >= 0.6 is 15.9 Å². The van der Waals surface area contributed by atoms with Crippen molar-refractivity contribution in [2.75, 3.05) is 17.8 Å². The van der Waals surface area contributed by atoms with Crippen LogP contribution in [0, 0.1) is 0 Å². The Kier molecular flexibility index (Phi) is 4.51. The maximum atomic E-state index is 12.2. The van der Waals surface area contributed by atoms with Gasteiger partial charge in [-0.25, -0.2) is 0 Å². The Labute approximate surface area is 125 Å². The molecule has 0 aliphatic carbocycles. The van der Waals surface area contributed by atoms with Crippen molar-refractivity contribution in [1.29, 1.82) is 0 Å². The van der Waals surface area contributed by atoms with Crippen molar-refractivity contribution in [3.8, 4) is 0 Å². The van der Waals surface area contributed by atoms with Gasteiger partial charge in [-0.2, -0.15) is 12.7 Å². The second kappa shape index (κ2) is 5.98. The molecular weight excluding hydrogens is 348 g/mol. The topological polar surface area (TPSA) is 108 Å². The van der Waals surface area contributed by atoms with Gasteiger partial charge in [-0.05, 0) is 31.0 Å². The van der Waals surface area contributed by atoms with E-state index >= 15 is 0 Å². The first-order valence-corrected chi connectivity index (χ1v) is 8.22. The maximum absolute atomic E-state index is 12.2. The van der Waals surface area contributed by atoms with Gasteiger partial charge in [0.15, 0.2) is 5.84 Å². The molecular formula is C11H15BrN4O3S. The van der Waals surface area contributed by atoms with Gasteiger partial charge >= 0.3 is 10.2 Å². The van der Waals surface area contributed by atoms with E-state index in [1.165, 1.54) is 4.31 Å². The van der Waals surface area contributed by atoms with Crippen LogP contribution in [0.2, 0.25) is 0 Å². The molecule has 0 atom stereocenters. The van der Waals surface area contributed by atoms with Gasteiger partial charge in [-0.1, -0.05) is 21.1 Å². The van der Waals surface area contributed by atoms with E-state index in [1.807, 2.05) is 0 Å². The van der Waals surface area contributed by atoms with Crippen molar-refractivity contribution in [1.82, 2.24) is 4.31 Å². The monoisotopic (exact) mass is 362 g/mol. The van der Waals surface area contributed by atoms with E-state index in [2.05, 4.69) is 25.8 Å². The molecule has 7 nitrogen and oxygen atoms in total. The van der Waals surface area contributed by atoms with Gasteiger partial charge < -0.3 is 10.9 Å². The van der Waals surface area contributed by atoms with Gasteiger partial charge in [-0.3, -0.25) is 4.72 Å². The number of nitrogens with one attached hydrogen (secondary N) is 1. The SMILES string of the molecule is N/C(=N/O)c1ccc(Br)cc1NS(=O)(=O)N1CCCC1. The molecule has 20 heavy (non-hydrogen) atoms. The van der Waals surface area contributed by atoms with Crippen LogP contribution in [0.15, 0.2) is 27.8 Å². The van der Waals surface area contributed by atoms with E-state index in [0.29, 0.717) is 23.1 Å². The second-order valence-electron chi connectivity index (χ2n) is 4.39. The molecule has 1 aromatic rings. The normalized spacial score (nSPS) is 17.4. The molecule has 0 saturated carbocycles. The van der Waals surface area contributed by atoms with E-state index in [-0.39, 0.29) is 11.5 Å². The molecule has 1 aliphatic rings. The number of nitrogens with two attached hydrogens (primary N) is 1. The van der Waals surface area contributed by atoms with Crippen molar-refractivity contribution in [3.63, 3.8) is 0 Å². The van der Waals surface area contributed by atoms with Crippen LogP contribution in [0.4, 0.5) is 5.69 Å². The van der Waals surface area contributed by atoms with Crippen LogP contribution < -0.4 is 10.5 Å². The van der Waals surface area contributed by atoms with Gasteiger partial charge in [-0.15, -0.1) is 0 Å². The van der Waals surface area contributed by atoms with Crippen molar-refractivity contribution >= 4 is 37.7 Å². The molecule has 9 heteroatoms. The lowest BCUT2D eigenvalue weighted by atomic mass is 10.2. The number of hydrogen-bond donors (Lipinski definition) is 3. The number of benzene rings is 1. The summed E-state index contributed by atoms with van der Waals surface area (Å²) < 4.78 is 29.0. The number of anilines is 1. The van der Waals surface area contributed by atoms with Gasteiger partial charge in [0.25, 0.3) is 0 Å². The van der Waals surface area contributed by atoms with Gasteiger partial charge in [0.2, 0.25) is 0 Å². The molecule has 4 N–H and O–H groups in total. The third-order valence-corrected chi connectivity index (χ3v) is 5.03. The third kappa shape index (κ3) is 3.22. The summed E-state index contributed by atoms with van der Waals surface area (Å²) in [5.74, 6) is -0.156. The zero-order chi connectivity index (χ0) is 14.8. The molecule has 0 bridgehead atoms. The van der Waals surface area contributed by atoms with E-state index in [0.717, 1.165) is 12.8 Å². The number of halogens is 1. The summed E-state index contributed by atoms with van der Waals surface area (Å²) in [6, 6.07) is 4.82. The number of nitrogens with zero attached hydrogens (tertiary/aromatic N) is 2. The highest BCUT2D eigenvalue weighted by Crippen LogP contribution is 2.24. The summed E-state index contributed by atoms with van der Waals surface area (Å²) in [4.78, 5) is 0. The molecule has 0 radical (unpaired) electrons. The smallest absolute Gasteiger partial charge is 0.301 e. The lowest BCUT2D eigenvalue weighted by molar-refractivity contribution is 0.318. The maximum Gasteiger partial charge on any atom is 0.301 e. The van der Waals surface area contributed by atoms with Gasteiger partial charge in [0.1, 0.15) is 0 Å². The van der Waals surface area contributed by atoms with Gasteiger partial charge in [0, 0.05) is 23.1 Å². The fourth-order valence-corrected chi connectivity index (χ4v) is 3.69. The molecule has 2 rings (SSSR count). The summed E-state index contributed by atoms with van der Waals surface area (Å²) in [6.45, 7) is 1.00. The Hall–Kier alpha value is -1.32. The predicted octanol–water partition coefficient (Wildman–Crippen LogP) is 1.30. The second-order valence-corrected chi connectivity index (χ2v) is 6.97. The molecule has 1 fully saturated rings. The number of hydrogen-bond acceptors (Lipinski definition) is 4. The largest absolute Gasteiger partial charge is 0.409 e. The van der Waals surface area contributed by atoms with Crippen molar-refractivity contribution < 1.29 is 13.6 Å². The molecule has 1 heterocycles. The minimum atomic E-state index is -3.62. The van der Waals surface area contributed by atoms with Crippen molar-refractivity contribution in [2.24, 2.45) is 10.9 Å². The summed E-state index contributed by atoms with van der Waals surface area (Å²) in [7, 11) is -3.62. The fourth-order valence-electron chi connectivity index (χ4n) is 2.01. The lowest BCUT2D eigenvalue weighted by Gasteiger charge is -2.18. The van der Waals surface area contributed by atoms with Crippen LogP contribution in [0.3, 0.4) is 0 Å². The quantitative estimate of drug-likeness (QED) is 0.324. The first-order chi connectivity index (χ1) is 9.44. The van der Waals surface area contributed by atoms with Crippen LogP contribution in [-0.2, 0) is 10.2 Å². The Morgan fingerprint density at radius 3 is 2.65 bits per heavy atom. The first-order valence-electron chi connectivity index (χ1n) is 5.99. The van der Waals surface area contributed by atoms with Crippen LogP contribution in [0.1, 0.15) is 18.4 Å². The minimum Gasteiger partial charge on any atom is -0.409 e.